The molecule has 2 atom stereocenters. The molecule has 1 fully saturated rings. The second-order valence-electron chi connectivity index (χ2n) is 5.44. The predicted octanol–water partition coefficient (Wildman–Crippen LogP) is 1.05. The Labute approximate surface area is 127 Å². The number of aromatic nitrogens is 6. The molecule has 1 saturated heterocycles. The smallest absolute Gasteiger partial charge is 0.203 e. The quantitative estimate of drug-likeness (QED) is 0.775. The molecule has 0 unspecified atom stereocenters. The highest BCUT2D eigenvalue weighted by Gasteiger charge is 2.31. The zero-order valence-corrected chi connectivity index (χ0v) is 12.3. The Morgan fingerprint density at radius 2 is 2.36 bits per heavy atom. The summed E-state index contributed by atoms with van der Waals surface area (Å²) in [5.74, 6) is 1.12. The van der Waals surface area contributed by atoms with Crippen molar-refractivity contribution in [1.82, 2.24) is 29.4 Å². The highest BCUT2D eigenvalue weighted by atomic mass is 16.5. The number of hydrogen-bond acceptors (Lipinski definition) is 6. The Kier molecular flexibility index (Phi) is 3.23. The first-order chi connectivity index (χ1) is 10.8. The zero-order valence-electron chi connectivity index (χ0n) is 12.3. The molecule has 0 saturated carbocycles. The van der Waals surface area contributed by atoms with E-state index in [1.54, 1.807) is 18.7 Å². The molecule has 0 aliphatic carbocycles. The second-order valence-corrected chi connectivity index (χ2v) is 5.44. The molecule has 0 bridgehead atoms. The normalized spacial score (nSPS) is 21.5. The number of nitrogens with one attached hydrogen (secondary N) is 1. The van der Waals surface area contributed by atoms with Crippen LogP contribution in [0.5, 0.6) is 0 Å². The first kappa shape index (κ1) is 13.2. The summed E-state index contributed by atoms with van der Waals surface area (Å²) in [5, 5.41) is 15.6. The molecule has 1 aliphatic heterocycles. The van der Waals surface area contributed by atoms with Crippen molar-refractivity contribution in [3.05, 3.63) is 36.7 Å². The average Bonchev–Trinajstić information content (AvgIpc) is 3.24. The van der Waals surface area contributed by atoms with Gasteiger partial charge in [-0.3, -0.25) is 9.08 Å². The molecule has 1 aliphatic rings. The molecule has 0 aromatic carbocycles. The summed E-state index contributed by atoms with van der Waals surface area (Å²) in [4.78, 5) is 4.35. The minimum atomic E-state index is 0.0672. The molecule has 114 valence electrons. The fourth-order valence-corrected chi connectivity index (χ4v) is 2.94. The molecule has 4 rings (SSSR count). The van der Waals surface area contributed by atoms with E-state index >= 15 is 0 Å². The zero-order chi connectivity index (χ0) is 14.9. The van der Waals surface area contributed by atoms with Crippen molar-refractivity contribution in [3.63, 3.8) is 0 Å². The maximum absolute atomic E-state index is 5.90. The fourth-order valence-electron chi connectivity index (χ4n) is 2.94. The lowest BCUT2D eigenvalue weighted by Gasteiger charge is -2.19. The SMILES string of the molecule is Cn1nccc1[C@@H]1OCC[C@H]1CNc1nccn2cnnc12. The molecule has 22 heavy (non-hydrogen) atoms. The molecule has 8 nitrogen and oxygen atoms in total. The van der Waals surface area contributed by atoms with Crippen molar-refractivity contribution in [2.24, 2.45) is 13.0 Å². The molecular formula is C14H17N7O. The molecule has 0 spiro atoms. The van der Waals surface area contributed by atoms with Crippen molar-refractivity contribution in [2.75, 3.05) is 18.5 Å². The van der Waals surface area contributed by atoms with Crippen LogP contribution in [0.25, 0.3) is 5.65 Å². The van der Waals surface area contributed by atoms with E-state index in [0.717, 1.165) is 36.7 Å². The van der Waals surface area contributed by atoms with E-state index in [4.69, 9.17) is 4.74 Å². The van der Waals surface area contributed by atoms with Gasteiger partial charge in [-0.15, -0.1) is 10.2 Å². The van der Waals surface area contributed by atoms with Crippen LogP contribution in [0.15, 0.2) is 31.0 Å². The van der Waals surface area contributed by atoms with E-state index in [1.807, 2.05) is 28.4 Å². The first-order valence-electron chi connectivity index (χ1n) is 7.30. The maximum atomic E-state index is 5.90. The van der Waals surface area contributed by atoms with Gasteiger partial charge in [-0.2, -0.15) is 5.10 Å². The van der Waals surface area contributed by atoms with Gasteiger partial charge in [-0.1, -0.05) is 0 Å². The van der Waals surface area contributed by atoms with Crippen LogP contribution in [0.4, 0.5) is 5.82 Å². The molecular weight excluding hydrogens is 282 g/mol. The summed E-state index contributed by atoms with van der Waals surface area (Å²) in [6, 6.07) is 2.01. The van der Waals surface area contributed by atoms with Gasteiger partial charge < -0.3 is 10.1 Å². The van der Waals surface area contributed by atoms with Gasteiger partial charge in [0.2, 0.25) is 5.65 Å². The first-order valence-corrected chi connectivity index (χ1v) is 7.30. The molecule has 4 heterocycles. The number of fused-ring (bicyclic) bond motifs is 1. The minimum Gasteiger partial charge on any atom is -0.372 e. The van der Waals surface area contributed by atoms with Crippen LogP contribution in [0.1, 0.15) is 18.2 Å². The number of hydrogen-bond donors (Lipinski definition) is 1. The summed E-state index contributed by atoms with van der Waals surface area (Å²) >= 11 is 0. The number of anilines is 1. The van der Waals surface area contributed by atoms with Crippen LogP contribution >= 0.6 is 0 Å². The molecule has 3 aromatic rings. The van der Waals surface area contributed by atoms with Crippen LogP contribution in [-0.4, -0.2) is 42.5 Å². The summed E-state index contributed by atoms with van der Waals surface area (Å²) in [6.07, 6.45) is 8.12. The van der Waals surface area contributed by atoms with E-state index in [0.29, 0.717) is 5.92 Å². The Hall–Kier alpha value is -2.48. The fraction of sp³-hybridized carbons (Fsp3) is 0.429. The summed E-state index contributed by atoms with van der Waals surface area (Å²) in [6.45, 7) is 1.54. The van der Waals surface area contributed by atoms with Crippen molar-refractivity contribution >= 4 is 11.5 Å². The van der Waals surface area contributed by atoms with Gasteiger partial charge in [0.05, 0.1) is 5.69 Å². The van der Waals surface area contributed by atoms with Gasteiger partial charge in [-0.25, -0.2) is 4.98 Å². The summed E-state index contributed by atoms with van der Waals surface area (Å²) < 4.78 is 9.62. The summed E-state index contributed by atoms with van der Waals surface area (Å²) in [7, 11) is 1.94. The van der Waals surface area contributed by atoms with Gasteiger partial charge in [0.1, 0.15) is 12.4 Å². The Morgan fingerprint density at radius 1 is 1.41 bits per heavy atom. The van der Waals surface area contributed by atoms with Crippen LogP contribution < -0.4 is 5.32 Å². The van der Waals surface area contributed by atoms with E-state index in [1.165, 1.54) is 0 Å². The molecule has 3 aromatic heterocycles. The van der Waals surface area contributed by atoms with Crippen LogP contribution in [-0.2, 0) is 11.8 Å². The molecule has 0 amide bonds. The highest BCUT2D eigenvalue weighted by molar-refractivity contribution is 5.61. The van der Waals surface area contributed by atoms with Crippen LogP contribution in [0.2, 0.25) is 0 Å². The minimum absolute atomic E-state index is 0.0672. The molecule has 1 N–H and O–H groups in total. The number of aryl methyl sites for hydroxylation is 1. The van der Waals surface area contributed by atoms with Crippen LogP contribution in [0.3, 0.4) is 0 Å². The number of ether oxygens (including phenoxy) is 1. The lowest BCUT2D eigenvalue weighted by Crippen LogP contribution is -2.20. The molecule has 0 radical (unpaired) electrons. The van der Waals surface area contributed by atoms with Gasteiger partial charge in [0, 0.05) is 44.7 Å². The lowest BCUT2D eigenvalue weighted by atomic mass is 9.99. The third kappa shape index (κ3) is 2.21. The van der Waals surface area contributed by atoms with Gasteiger partial charge in [0.15, 0.2) is 5.82 Å². The molecule has 8 heteroatoms. The Morgan fingerprint density at radius 3 is 3.23 bits per heavy atom. The van der Waals surface area contributed by atoms with Crippen LogP contribution in [0, 0.1) is 5.92 Å². The highest BCUT2D eigenvalue weighted by Crippen LogP contribution is 2.34. The Bertz CT molecular complexity index is 780. The maximum Gasteiger partial charge on any atom is 0.203 e. The topological polar surface area (TPSA) is 82.2 Å². The Balaban J connectivity index is 1.51. The van der Waals surface area contributed by atoms with Crippen molar-refractivity contribution < 1.29 is 4.74 Å². The summed E-state index contributed by atoms with van der Waals surface area (Å²) in [5.41, 5.74) is 1.84. The van der Waals surface area contributed by atoms with Gasteiger partial charge >= 0.3 is 0 Å². The van der Waals surface area contributed by atoms with Gasteiger partial charge in [-0.05, 0) is 12.5 Å². The second kappa shape index (κ2) is 5.38. The number of rotatable bonds is 4. The average molecular weight is 299 g/mol. The third-order valence-corrected chi connectivity index (χ3v) is 4.11. The van der Waals surface area contributed by atoms with E-state index in [2.05, 4.69) is 25.6 Å². The van der Waals surface area contributed by atoms with Crippen molar-refractivity contribution in [1.29, 1.82) is 0 Å². The lowest BCUT2D eigenvalue weighted by molar-refractivity contribution is 0.0866. The van der Waals surface area contributed by atoms with E-state index < -0.39 is 0 Å². The van der Waals surface area contributed by atoms with Crippen molar-refractivity contribution in [2.45, 2.75) is 12.5 Å². The predicted molar refractivity (Wildman–Crippen MR) is 79.3 cm³/mol. The van der Waals surface area contributed by atoms with Gasteiger partial charge in [0.25, 0.3) is 0 Å². The standard InChI is InChI=1S/C14H17N7O/c1-20-11(2-4-18-20)12-10(3-7-22-12)8-16-13-14-19-17-9-21(14)6-5-15-13/h2,4-6,9-10,12H,3,7-8H2,1H3,(H,15,16)/t10-,12+/m0/s1. The van der Waals surface area contributed by atoms with Crippen molar-refractivity contribution in [3.8, 4) is 0 Å². The third-order valence-electron chi connectivity index (χ3n) is 4.11. The monoisotopic (exact) mass is 299 g/mol. The van der Waals surface area contributed by atoms with E-state index in [-0.39, 0.29) is 6.10 Å². The largest absolute Gasteiger partial charge is 0.372 e. The van der Waals surface area contributed by atoms with E-state index in [9.17, 15) is 0 Å². The number of nitrogens with zero attached hydrogens (tertiary/aromatic N) is 6.